The number of amides is 2. The van der Waals surface area contributed by atoms with Gasteiger partial charge >= 0.3 is 0 Å². The largest absolute Gasteiger partial charge is 0.327 e. The van der Waals surface area contributed by atoms with Crippen LogP contribution in [0.15, 0.2) is 54.6 Å². The lowest BCUT2D eigenvalue weighted by Gasteiger charge is -2.27. The van der Waals surface area contributed by atoms with Gasteiger partial charge in [0, 0.05) is 24.3 Å². The molecule has 5 heteroatoms. The fraction of sp³-hybridized carbons (Fsp3) is 0.250. The second-order valence-corrected chi connectivity index (χ2v) is 5.91. The van der Waals surface area contributed by atoms with Gasteiger partial charge in [-0.05, 0) is 49.7 Å². The molecule has 1 atom stereocenters. The Hall–Kier alpha value is -3.13. The summed E-state index contributed by atoms with van der Waals surface area (Å²) in [7, 11) is 0. The summed E-state index contributed by atoms with van der Waals surface area (Å²) in [6.07, 6.45) is 0.615. The molecule has 0 aromatic heterocycles. The molecule has 25 heavy (non-hydrogen) atoms. The fourth-order valence-electron chi connectivity index (χ4n) is 3.18. The van der Waals surface area contributed by atoms with E-state index in [1.165, 1.54) is 0 Å². The maximum atomic E-state index is 12.8. The van der Waals surface area contributed by atoms with Crippen molar-refractivity contribution in [3.05, 3.63) is 65.7 Å². The van der Waals surface area contributed by atoms with Crippen LogP contribution in [0.4, 0.5) is 5.69 Å². The molecular weight excluding hydrogens is 314 g/mol. The topological polar surface area (TPSA) is 64.4 Å². The molecule has 1 heterocycles. The van der Waals surface area contributed by atoms with Gasteiger partial charge in [-0.15, -0.1) is 0 Å². The highest BCUT2D eigenvalue weighted by atomic mass is 16.2. The molecule has 0 spiro atoms. The van der Waals surface area contributed by atoms with Gasteiger partial charge in [-0.1, -0.05) is 18.2 Å². The molecular formula is C20H19N3O2. The summed E-state index contributed by atoms with van der Waals surface area (Å²) < 4.78 is 0. The first kappa shape index (κ1) is 16.7. The summed E-state index contributed by atoms with van der Waals surface area (Å²) in [5.41, 5.74) is 1.86. The molecule has 2 aromatic carbocycles. The van der Waals surface area contributed by atoms with E-state index in [1.54, 1.807) is 34.1 Å². The average molecular weight is 333 g/mol. The minimum absolute atomic E-state index is 0.0463. The number of benzene rings is 2. The Labute approximate surface area is 147 Å². The lowest BCUT2D eigenvalue weighted by atomic mass is 10.1. The molecule has 0 N–H and O–H groups in total. The van der Waals surface area contributed by atoms with Gasteiger partial charge in [-0.2, -0.15) is 5.26 Å². The molecule has 5 nitrogen and oxygen atoms in total. The van der Waals surface area contributed by atoms with Crippen molar-refractivity contribution < 1.29 is 9.59 Å². The number of hydrogen-bond acceptors (Lipinski definition) is 3. The van der Waals surface area contributed by atoms with E-state index in [9.17, 15) is 9.59 Å². The van der Waals surface area contributed by atoms with Gasteiger partial charge in [-0.3, -0.25) is 9.59 Å². The number of carbonyl (C=O) groups is 2. The molecule has 2 aromatic rings. The maximum Gasteiger partial charge on any atom is 0.254 e. The summed E-state index contributed by atoms with van der Waals surface area (Å²) >= 11 is 0. The first-order valence-corrected chi connectivity index (χ1v) is 8.33. The molecule has 126 valence electrons. The van der Waals surface area contributed by atoms with Crippen LogP contribution in [-0.4, -0.2) is 35.8 Å². The van der Waals surface area contributed by atoms with Crippen molar-refractivity contribution in [1.29, 1.82) is 5.26 Å². The second-order valence-electron chi connectivity index (χ2n) is 5.91. The van der Waals surface area contributed by atoms with Gasteiger partial charge < -0.3 is 9.80 Å². The summed E-state index contributed by atoms with van der Waals surface area (Å²) in [6, 6.07) is 17.6. The Bertz CT molecular complexity index is 809. The SMILES string of the molecule is CCN(C(=O)c1ccc(C#N)cc1)[C@@H]1CCN(c2ccccc2)C1=O. The Balaban J connectivity index is 1.80. The molecule has 1 saturated heterocycles. The molecule has 0 bridgehead atoms. The zero-order chi connectivity index (χ0) is 17.8. The number of likely N-dealkylation sites (N-methyl/N-ethyl adjacent to an activating group) is 1. The number of carbonyl (C=O) groups excluding carboxylic acids is 2. The van der Waals surface area contributed by atoms with Crippen molar-refractivity contribution in [2.45, 2.75) is 19.4 Å². The fourth-order valence-corrected chi connectivity index (χ4v) is 3.18. The smallest absolute Gasteiger partial charge is 0.254 e. The summed E-state index contributed by atoms with van der Waals surface area (Å²) in [5.74, 6) is -0.227. The van der Waals surface area contributed by atoms with E-state index in [-0.39, 0.29) is 11.8 Å². The predicted octanol–water partition coefficient (Wildman–Crippen LogP) is 2.83. The third kappa shape index (κ3) is 3.24. The van der Waals surface area contributed by atoms with Gasteiger partial charge in [0.05, 0.1) is 11.6 Å². The number of para-hydroxylation sites is 1. The standard InChI is InChI=1S/C20H19N3O2/c1-2-22(19(24)16-10-8-15(14-21)9-11-16)18-12-13-23(20(18)25)17-6-4-3-5-7-17/h3-11,18H,2,12-13H2,1H3/t18-/m1/s1. The minimum atomic E-state index is -0.451. The highest BCUT2D eigenvalue weighted by Gasteiger charge is 2.38. The van der Waals surface area contributed by atoms with Crippen LogP contribution in [-0.2, 0) is 4.79 Å². The van der Waals surface area contributed by atoms with Gasteiger partial charge in [0.1, 0.15) is 6.04 Å². The lowest BCUT2D eigenvalue weighted by Crippen LogP contribution is -2.45. The normalized spacial score (nSPS) is 16.6. The number of nitrogens with zero attached hydrogens (tertiary/aromatic N) is 3. The molecule has 0 aliphatic carbocycles. The van der Waals surface area contributed by atoms with Gasteiger partial charge in [-0.25, -0.2) is 0 Å². The van der Waals surface area contributed by atoms with Crippen LogP contribution in [0.1, 0.15) is 29.3 Å². The average Bonchev–Trinajstić information content (AvgIpc) is 3.04. The zero-order valence-corrected chi connectivity index (χ0v) is 14.1. The highest BCUT2D eigenvalue weighted by molar-refractivity contribution is 6.03. The van der Waals surface area contributed by atoms with Crippen molar-refractivity contribution in [3.8, 4) is 6.07 Å². The molecule has 3 rings (SSSR count). The van der Waals surface area contributed by atoms with E-state index in [4.69, 9.17) is 5.26 Å². The molecule has 1 aliphatic heterocycles. The maximum absolute atomic E-state index is 12.8. The highest BCUT2D eigenvalue weighted by Crippen LogP contribution is 2.25. The molecule has 1 fully saturated rings. The molecule has 1 aliphatic rings. The third-order valence-electron chi connectivity index (χ3n) is 4.48. The predicted molar refractivity (Wildman–Crippen MR) is 95.1 cm³/mol. The van der Waals surface area contributed by atoms with Crippen molar-refractivity contribution in [3.63, 3.8) is 0 Å². The number of rotatable bonds is 4. The third-order valence-corrected chi connectivity index (χ3v) is 4.48. The summed E-state index contributed by atoms with van der Waals surface area (Å²) in [5, 5.41) is 8.87. The van der Waals surface area contributed by atoms with Gasteiger partial charge in [0.2, 0.25) is 5.91 Å². The van der Waals surface area contributed by atoms with E-state index >= 15 is 0 Å². The molecule has 0 radical (unpaired) electrons. The van der Waals surface area contributed by atoms with E-state index < -0.39 is 6.04 Å². The second kappa shape index (κ2) is 7.18. The van der Waals surface area contributed by atoms with E-state index in [1.807, 2.05) is 43.3 Å². The van der Waals surface area contributed by atoms with Crippen molar-refractivity contribution in [1.82, 2.24) is 4.90 Å². The first-order chi connectivity index (χ1) is 12.2. The van der Waals surface area contributed by atoms with Crippen LogP contribution < -0.4 is 4.90 Å². The van der Waals surface area contributed by atoms with E-state index in [0.717, 1.165) is 5.69 Å². The van der Waals surface area contributed by atoms with Crippen molar-refractivity contribution in [2.24, 2.45) is 0 Å². The number of anilines is 1. The Morgan fingerprint density at radius 3 is 2.48 bits per heavy atom. The Kier molecular flexibility index (Phi) is 4.80. The summed E-state index contributed by atoms with van der Waals surface area (Å²) in [6.45, 7) is 2.93. The number of hydrogen-bond donors (Lipinski definition) is 0. The monoisotopic (exact) mass is 333 g/mol. The van der Waals surface area contributed by atoms with Crippen LogP contribution in [0.3, 0.4) is 0 Å². The zero-order valence-electron chi connectivity index (χ0n) is 14.1. The Morgan fingerprint density at radius 1 is 1.20 bits per heavy atom. The molecule has 2 amide bonds. The lowest BCUT2D eigenvalue weighted by molar-refractivity contribution is -0.120. The quantitative estimate of drug-likeness (QED) is 0.864. The van der Waals surface area contributed by atoms with Crippen LogP contribution in [0.2, 0.25) is 0 Å². The van der Waals surface area contributed by atoms with Gasteiger partial charge in [0.25, 0.3) is 5.91 Å². The van der Waals surface area contributed by atoms with Crippen molar-refractivity contribution in [2.75, 3.05) is 18.0 Å². The van der Waals surface area contributed by atoms with Crippen LogP contribution >= 0.6 is 0 Å². The number of nitriles is 1. The van der Waals surface area contributed by atoms with E-state index in [0.29, 0.717) is 30.6 Å². The summed E-state index contributed by atoms with van der Waals surface area (Å²) in [4.78, 5) is 29.0. The van der Waals surface area contributed by atoms with Crippen LogP contribution in [0.25, 0.3) is 0 Å². The van der Waals surface area contributed by atoms with Crippen LogP contribution in [0.5, 0.6) is 0 Å². The first-order valence-electron chi connectivity index (χ1n) is 8.33. The molecule has 0 unspecified atom stereocenters. The molecule has 0 saturated carbocycles. The van der Waals surface area contributed by atoms with Crippen LogP contribution in [0, 0.1) is 11.3 Å². The van der Waals surface area contributed by atoms with Crippen molar-refractivity contribution >= 4 is 17.5 Å². The Morgan fingerprint density at radius 2 is 1.88 bits per heavy atom. The van der Waals surface area contributed by atoms with Gasteiger partial charge in [0.15, 0.2) is 0 Å². The van der Waals surface area contributed by atoms with E-state index in [2.05, 4.69) is 0 Å². The minimum Gasteiger partial charge on any atom is -0.327 e.